The molecular formula is C27H21Cl2N3O3. The predicted octanol–water partition coefficient (Wildman–Crippen LogP) is 4.53. The van der Waals surface area contributed by atoms with Gasteiger partial charge in [0.25, 0.3) is 5.91 Å². The van der Waals surface area contributed by atoms with E-state index < -0.39 is 17.4 Å². The third-order valence-electron chi connectivity index (χ3n) is 7.35. The van der Waals surface area contributed by atoms with Gasteiger partial charge in [0, 0.05) is 17.3 Å². The molecule has 0 bridgehead atoms. The molecule has 0 radical (unpaired) electrons. The Kier molecular flexibility index (Phi) is 5.04. The van der Waals surface area contributed by atoms with Crippen LogP contribution in [0.1, 0.15) is 18.1 Å². The number of nitrogens with one attached hydrogen (secondary N) is 1. The number of imide groups is 1. The number of amides is 3. The average molecular weight is 506 g/mol. The molecule has 3 aromatic rings. The molecule has 3 aromatic carbocycles. The highest BCUT2D eigenvalue weighted by Crippen LogP contribution is 2.55. The van der Waals surface area contributed by atoms with Crippen molar-refractivity contribution >= 4 is 52.3 Å². The van der Waals surface area contributed by atoms with Crippen LogP contribution in [0.4, 0.5) is 11.4 Å². The maximum atomic E-state index is 14.2. The number of halogens is 2. The Morgan fingerprint density at radius 3 is 2.34 bits per heavy atom. The van der Waals surface area contributed by atoms with Crippen LogP contribution in [-0.4, -0.2) is 23.8 Å². The summed E-state index contributed by atoms with van der Waals surface area (Å²) >= 11 is 12.3. The van der Waals surface area contributed by atoms with Crippen molar-refractivity contribution in [3.8, 4) is 0 Å². The summed E-state index contributed by atoms with van der Waals surface area (Å²) in [6.45, 7) is 2.12. The molecule has 3 amide bonds. The molecule has 0 aliphatic carbocycles. The number of para-hydroxylation sites is 2. The molecule has 1 N–H and O–H groups in total. The molecule has 0 unspecified atom stereocenters. The topological polar surface area (TPSA) is 69.7 Å². The number of fused-ring (bicyclic) bond motifs is 4. The van der Waals surface area contributed by atoms with Gasteiger partial charge in [-0.3, -0.25) is 19.7 Å². The molecule has 176 valence electrons. The molecule has 4 atom stereocenters. The van der Waals surface area contributed by atoms with E-state index in [1.807, 2.05) is 43.3 Å². The van der Waals surface area contributed by atoms with E-state index in [2.05, 4.69) is 5.32 Å². The normalized spacial score (nSPS) is 27.2. The lowest BCUT2D eigenvalue weighted by molar-refractivity contribution is -0.132. The summed E-state index contributed by atoms with van der Waals surface area (Å²) in [6.07, 6.45) is 0. The minimum atomic E-state index is -1.33. The van der Waals surface area contributed by atoms with Crippen molar-refractivity contribution in [3.05, 3.63) is 94.0 Å². The number of carbonyl (C=O) groups excluding carboxylic acids is 3. The van der Waals surface area contributed by atoms with Crippen molar-refractivity contribution in [2.45, 2.75) is 25.0 Å². The van der Waals surface area contributed by atoms with E-state index in [-0.39, 0.29) is 30.3 Å². The van der Waals surface area contributed by atoms with Gasteiger partial charge in [0.1, 0.15) is 5.54 Å². The lowest BCUT2D eigenvalue weighted by atomic mass is 9.76. The molecule has 0 aromatic heterocycles. The number of anilines is 2. The summed E-state index contributed by atoms with van der Waals surface area (Å²) in [5.41, 5.74) is 1.42. The van der Waals surface area contributed by atoms with Crippen molar-refractivity contribution < 1.29 is 14.4 Å². The summed E-state index contributed by atoms with van der Waals surface area (Å²) in [6, 6.07) is 21.2. The van der Waals surface area contributed by atoms with Crippen molar-refractivity contribution in [1.82, 2.24) is 5.32 Å². The van der Waals surface area contributed by atoms with E-state index in [0.29, 0.717) is 27.0 Å². The fraction of sp³-hybridized carbons (Fsp3) is 0.222. The van der Waals surface area contributed by atoms with Crippen LogP contribution in [0.25, 0.3) is 0 Å². The van der Waals surface area contributed by atoms with E-state index in [9.17, 15) is 14.4 Å². The highest BCUT2D eigenvalue weighted by molar-refractivity contribution is 6.42. The SMILES string of the molecule is C[C@@H]1N[C@]2(C(=O)N(Cc3ccc(Cl)c(Cl)c3)c3ccccc32)[C@@H]2C(=O)N(c3ccccc3)C(=O)[C@@H]12. The van der Waals surface area contributed by atoms with Gasteiger partial charge in [-0.05, 0) is 42.8 Å². The van der Waals surface area contributed by atoms with Crippen LogP contribution in [-0.2, 0) is 26.5 Å². The van der Waals surface area contributed by atoms with Gasteiger partial charge in [0.15, 0.2) is 0 Å². The van der Waals surface area contributed by atoms with Crippen LogP contribution in [0.5, 0.6) is 0 Å². The number of benzene rings is 3. The summed E-state index contributed by atoms with van der Waals surface area (Å²) in [7, 11) is 0. The van der Waals surface area contributed by atoms with Gasteiger partial charge in [-0.15, -0.1) is 0 Å². The zero-order valence-electron chi connectivity index (χ0n) is 18.7. The first-order valence-electron chi connectivity index (χ1n) is 11.4. The number of nitrogens with zero attached hydrogens (tertiary/aromatic N) is 2. The number of rotatable bonds is 3. The monoisotopic (exact) mass is 505 g/mol. The Hall–Kier alpha value is -3.19. The largest absolute Gasteiger partial charge is 0.306 e. The predicted molar refractivity (Wildman–Crippen MR) is 134 cm³/mol. The van der Waals surface area contributed by atoms with Gasteiger partial charge in [-0.2, -0.15) is 0 Å². The maximum Gasteiger partial charge on any atom is 0.253 e. The first kappa shape index (κ1) is 22.3. The molecular weight excluding hydrogens is 485 g/mol. The number of hydrogen-bond donors (Lipinski definition) is 1. The Labute approximate surface area is 212 Å². The average Bonchev–Trinajstić information content (AvgIpc) is 3.40. The quantitative estimate of drug-likeness (QED) is 0.530. The van der Waals surface area contributed by atoms with Crippen LogP contribution < -0.4 is 15.1 Å². The van der Waals surface area contributed by atoms with Gasteiger partial charge in [-0.1, -0.05) is 65.7 Å². The van der Waals surface area contributed by atoms with Crippen molar-refractivity contribution in [3.63, 3.8) is 0 Å². The molecule has 1 spiro atoms. The molecule has 0 saturated carbocycles. The number of hydrogen-bond acceptors (Lipinski definition) is 4. The second-order valence-corrected chi connectivity index (χ2v) is 10.1. The summed E-state index contributed by atoms with van der Waals surface area (Å²) in [4.78, 5) is 44.5. The van der Waals surface area contributed by atoms with Gasteiger partial charge >= 0.3 is 0 Å². The standard InChI is InChI=1S/C27H21Cl2N3O3/c1-15-22-23(25(34)32(24(22)33)17-7-3-2-4-8-17)27(30-15)18-9-5-6-10-21(18)31(26(27)35)14-16-11-12-19(28)20(29)13-16/h2-13,15,22-23,30H,14H2,1H3/t15-,22-,23-,27-/m0/s1. The van der Waals surface area contributed by atoms with Gasteiger partial charge < -0.3 is 4.90 Å². The zero-order valence-corrected chi connectivity index (χ0v) is 20.3. The van der Waals surface area contributed by atoms with Crippen molar-refractivity contribution in [2.24, 2.45) is 11.8 Å². The second-order valence-electron chi connectivity index (χ2n) is 9.25. The van der Waals surface area contributed by atoms with Gasteiger partial charge in [0.2, 0.25) is 11.8 Å². The van der Waals surface area contributed by atoms with Crippen LogP contribution in [0.3, 0.4) is 0 Å². The molecule has 35 heavy (non-hydrogen) atoms. The van der Waals surface area contributed by atoms with Crippen molar-refractivity contribution in [1.29, 1.82) is 0 Å². The molecule has 3 aliphatic rings. The minimum absolute atomic E-state index is 0.250. The fourth-order valence-corrected chi connectivity index (χ4v) is 6.24. The van der Waals surface area contributed by atoms with E-state index in [0.717, 1.165) is 5.56 Å². The Bertz CT molecular complexity index is 1400. The van der Waals surface area contributed by atoms with E-state index >= 15 is 0 Å². The van der Waals surface area contributed by atoms with E-state index in [1.54, 1.807) is 41.3 Å². The third kappa shape index (κ3) is 3.03. The molecule has 3 heterocycles. The summed E-state index contributed by atoms with van der Waals surface area (Å²) in [5.74, 6) is -2.39. The van der Waals surface area contributed by atoms with Gasteiger partial charge in [0.05, 0.1) is 34.1 Å². The maximum absolute atomic E-state index is 14.2. The minimum Gasteiger partial charge on any atom is -0.306 e. The first-order chi connectivity index (χ1) is 16.8. The smallest absolute Gasteiger partial charge is 0.253 e. The second kappa shape index (κ2) is 7.92. The van der Waals surface area contributed by atoms with Crippen molar-refractivity contribution in [2.75, 3.05) is 9.80 Å². The third-order valence-corrected chi connectivity index (χ3v) is 8.09. The lowest BCUT2D eigenvalue weighted by Gasteiger charge is -2.30. The molecule has 3 aliphatic heterocycles. The van der Waals surface area contributed by atoms with Crippen LogP contribution >= 0.6 is 23.2 Å². The Morgan fingerprint density at radius 1 is 0.886 bits per heavy atom. The molecule has 6 nitrogen and oxygen atoms in total. The zero-order chi connectivity index (χ0) is 24.5. The molecule has 8 heteroatoms. The highest BCUT2D eigenvalue weighted by atomic mass is 35.5. The summed E-state index contributed by atoms with van der Waals surface area (Å²) < 4.78 is 0. The molecule has 6 rings (SSSR count). The Balaban J connectivity index is 1.46. The van der Waals surface area contributed by atoms with Gasteiger partial charge in [-0.25, -0.2) is 4.90 Å². The lowest BCUT2D eigenvalue weighted by Crippen LogP contribution is -2.54. The van der Waals surface area contributed by atoms with Crippen LogP contribution in [0.2, 0.25) is 10.0 Å². The van der Waals surface area contributed by atoms with Crippen LogP contribution in [0.15, 0.2) is 72.8 Å². The first-order valence-corrected chi connectivity index (χ1v) is 12.2. The summed E-state index contributed by atoms with van der Waals surface area (Å²) in [5, 5.41) is 4.24. The van der Waals surface area contributed by atoms with E-state index in [1.165, 1.54) is 4.90 Å². The molecule has 2 saturated heterocycles. The number of carbonyl (C=O) groups is 3. The molecule has 2 fully saturated rings. The fourth-order valence-electron chi connectivity index (χ4n) is 5.92. The van der Waals surface area contributed by atoms with Crippen LogP contribution in [0, 0.1) is 11.8 Å². The highest BCUT2D eigenvalue weighted by Gasteiger charge is 2.71. The Morgan fingerprint density at radius 2 is 1.60 bits per heavy atom. The van der Waals surface area contributed by atoms with E-state index in [4.69, 9.17) is 23.2 Å².